The van der Waals surface area contributed by atoms with Crippen molar-refractivity contribution in [1.29, 1.82) is 0 Å². The first-order valence-corrected chi connectivity index (χ1v) is 7.28. The zero-order chi connectivity index (χ0) is 13.4. The number of hydrogen-bond donors (Lipinski definition) is 0. The highest BCUT2D eigenvalue weighted by Crippen LogP contribution is 2.35. The SMILES string of the molecule is COc1ccc(-c2nc(C)nc3c(Br)csc23)cn1. The highest BCUT2D eigenvalue weighted by Gasteiger charge is 2.12. The lowest BCUT2D eigenvalue weighted by molar-refractivity contribution is 0.398. The topological polar surface area (TPSA) is 47.9 Å². The Bertz CT molecular complexity index is 739. The molecule has 3 heterocycles. The summed E-state index contributed by atoms with van der Waals surface area (Å²) in [5, 5.41) is 2.03. The van der Waals surface area contributed by atoms with E-state index in [1.807, 2.05) is 24.4 Å². The van der Waals surface area contributed by atoms with Gasteiger partial charge in [0.25, 0.3) is 0 Å². The standard InChI is InChI=1S/C13H10BrN3OS/c1-7-16-11(8-3-4-10(18-2)15-5-8)13-12(17-7)9(14)6-19-13/h3-6H,1-2H3. The van der Waals surface area contributed by atoms with Crippen molar-refractivity contribution in [2.24, 2.45) is 0 Å². The molecule has 0 saturated carbocycles. The van der Waals surface area contributed by atoms with Crippen LogP contribution in [0.1, 0.15) is 5.82 Å². The minimum Gasteiger partial charge on any atom is -0.481 e. The molecule has 19 heavy (non-hydrogen) atoms. The maximum atomic E-state index is 5.07. The van der Waals surface area contributed by atoms with Gasteiger partial charge >= 0.3 is 0 Å². The fourth-order valence-electron chi connectivity index (χ4n) is 1.84. The Morgan fingerprint density at radius 2 is 2.11 bits per heavy atom. The van der Waals surface area contributed by atoms with Gasteiger partial charge in [0, 0.05) is 23.2 Å². The van der Waals surface area contributed by atoms with Crippen molar-refractivity contribution in [3.05, 3.63) is 34.0 Å². The Balaban J connectivity index is 2.23. The molecule has 0 atom stereocenters. The molecule has 0 aliphatic carbocycles. The van der Waals surface area contributed by atoms with Gasteiger partial charge in [0.2, 0.25) is 5.88 Å². The van der Waals surface area contributed by atoms with Crippen LogP contribution in [0.2, 0.25) is 0 Å². The van der Waals surface area contributed by atoms with Crippen LogP contribution in [-0.4, -0.2) is 22.1 Å². The summed E-state index contributed by atoms with van der Waals surface area (Å²) in [6, 6.07) is 3.79. The third-order valence-corrected chi connectivity index (χ3v) is 4.59. The van der Waals surface area contributed by atoms with E-state index in [1.54, 1.807) is 24.6 Å². The number of methoxy groups -OCH3 is 1. The summed E-state index contributed by atoms with van der Waals surface area (Å²) in [5.41, 5.74) is 2.82. The fourth-order valence-corrected chi connectivity index (χ4v) is 3.41. The average molecular weight is 336 g/mol. The number of halogens is 1. The fraction of sp³-hybridized carbons (Fsp3) is 0.154. The second-order valence-electron chi connectivity index (χ2n) is 3.97. The van der Waals surface area contributed by atoms with Crippen LogP contribution >= 0.6 is 27.3 Å². The van der Waals surface area contributed by atoms with Gasteiger partial charge in [0.15, 0.2) is 0 Å². The zero-order valence-corrected chi connectivity index (χ0v) is 12.7. The monoisotopic (exact) mass is 335 g/mol. The van der Waals surface area contributed by atoms with Crippen molar-refractivity contribution in [1.82, 2.24) is 15.0 Å². The minimum absolute atomic E-state index is 0.595. The Kier molecular flexibility index (Phi) is 3.20. The Morgan fingerprint density at radius 3 is 2.79 bits per heavy atom. The first kappa shape index (κ1) is 12.5. The van der Waals surface area contributed by atoms with E-state index in [2.05, 4.69) is 30.9 Å². The quantitative estimate of drug-likeness (QED) is 0.714. The van der Waals surface area contributed by atoms with E-state index in [1.165, 1.54) is 0 Å². The van der Waals surface area contributed by atoms with Crippen molar-refractivity contribution in [3.63, 3.8) is 0 Å². The van der Waals surface area contributed by atoms with E-state index < -0.39 is 0 Å². The zero-order valence-electron chi connectivity index (χ0n) is 10.3. The van der Waals surface area contributed by atoms with Crippen LogP contribution in [0.25, 0.3) is 21.5 Å². The molecular formula is C13H10BrN3OS. The number of aromatic nitrogens is 3. The highest BCUT2D eigenvalue weighted by molar-refractivity contribution is 9.10. The van der Waals surface area contributed by atoms with Crippen molar-refractivity contribution in [3.8, 4) is 17.1 Å². The first-order valence-electron chi connectivity index (χ1n) is 5.61. The Hall–Kier alpha value is -1.53. The number of aryl methyl sites for hydroxylation is 1. The normalized spacial score (nSPS) is 10.9. The summed E-state index contributed by atoms with van der Waals surface area (Å²) in [5.74, 6) is 1.34. The second-order valence-corrected chi connectivity index (χ2v) is 5.70. The molecule has 4 nitrogen and oxygen atoms in total. The maximum Gasteiger partial charge on any atom is 0.212 e. The van der Waals surface area contributed by atoms with Crippen LogP contribution in [0.15, 0.2) is 28.2 Å². The molecular weight excluding hydrogens is 326 g/mol. The molecule has 0 bridgehead atoms. The summed E-state index contributed by atoms with van der Waals surface area (Å²) < 4.78 is 7.13. The number of hydrogen-bond acceptors (Lipinski definition) is 5. The van der Waals surface area contributed by atoms with E-state index in [0.29, 0.717) is 5.88 Å². The molecule has 3 aromatic rings. The Labute approximate surface area is 122 Å². The summed E-state index contributed by atoms with van der Waals surface area (Å²) in [4.78, 5) is 13.2. The lowest BCUT2D eigenvalue weighted by Crippen LogP contribution is -1.93. The van der Waals surface area contributed by atoms with E-state index in [0.717, 1.165) is 31.8 Å². The van der Waals surface area contributed by atoms with Crippen molar-refractivity contribution in [2.45, 2.75) is 6.92 Å². The van der Waals surface area contributed by atoms with Gasteiger partial charge in [-0.1, -0.05) is 0 Å². The lowest BCUT2D eigenvalue weighted by Gasteiger charge is -2.04. The molecule has 6 heteroatoms. The summed E-state index contributed by atoms with van der Waals surface area (Å²) in [6.45, 7) is 1.89. The van der Waals surface area contributed by atoms with Crippen LogP contribution in [0.4, 0.5) is 0 Å². The molecule has 96 valence electrons. The first-order chi connectivity index (χ1) is 9.19. The summed E-state index contributed by atoms with van der Waals surface area (Å²) in [6.07, 6.45) is 1.77. The van der Waals surface area contributed by atoms with Crippen molar-refractivity contribution in [2.75, 3.05) is 7.11 Å². The van der Waals surface area contributed by atoms with Crippen LogP contribution in [0.5, 0.6) is 5.88 Å². The average Bonchev–Trinajstić information content (AvgIpc) is 2.80. The number of thiophene rings is 1. The molecule has 3 aromatic heterocycles. The van der Waals surface area contributed by atoms with Gasteiger partial charge in [-0.3, -0.25) is 0 Å². The van der Waals surface area contributed by atoms with Crippen LogP contribution in [0.3, 0.4) is 0 Å². The molecule has 0 unspecified atom stereocenters. The largest absolute Gasteiger partial charge is 0.481 e. The van der Waals surface area contributed by atoms with Gasteiger partial charge in [0.05, 0.1) is 27.5 Å². The van der Waals surface area contributed by atoms with Crippen LogP contribution in [-0.2, 0) is 0 Å². The Morgan fingerprint density at radius 1 is 1.26 bits per heavy atom. The maximum absolute atomic E-state index is 5.07. The molecule has 0 N–H and O–H groups in total. The molecule has 0 spiro atoms. The van der Waals surface area contributed by atoms with Gasteiger partial charge in [-0.25, -0.2) is 15.0 Å². The number of pyridine rings is 1. The number of rotatable bonds is 2. The van der Waals surface area contributed by atoms with Crippen molar-refractivity contribution >= 4 is 37.5 Å². The molecule has 0 radical (unpaired) electrons. The van der Waals surface area contributed by atoms with Gasteiger partial charge < -0.3 is 4.74 Å². The van der Waals surface area contributed by atoms with E-state index in [4.69, 9.17) is 4.74 Å². The highest BCUT2D eigenvalue weighted by atomic mass is 79.9. The number of nitrogens with zero attached hydrogens (tertiary/aromatic N) is 3. The van der Waals surface area contributed by atoms with Crippen molar-refractivity contribution < 1.29 is 4.74 Å². The predicted molar refractivity (Wildman–Crippen MR) is 79.6 cm³/mol. The van der Waals surface area contributed by atoms with E-state index in [9.17, 15) is 0 Å². The van der Waals surface area contributed by atoms with E-state index in [-0.39, 0.29) is 0 Å². The second kappa shape index (κ2) is 4.86. The summed E-state index contributed by atoms with van der Waals surface area (Å²) in [7, 11) is 1.60. The molecule has 0 aliphatic heterocycles. The number of ether oxygens (including phenoxy) is 1. The molecule has 0 saturated heterocycles. The van der Waals surface area contributed by atoms with Gasteiger partial charge in [-0.2, -0.15) is 0 Å². The van der Waals surface area contributed by atoms with Crippen LogP contribution in [0, 0.1) is 6.92 Å². The van der Waals surface area contributed by atoms with Crippen LogP contribution < -0.4 is 4.74 Å². The van der Waals surface area contributed by atoms with Gasteiger partial charge in [-0.15, -0.1) is 11.3 Å². The molecule has 0 fully saturated rings. The summed E-state index contributed by atoms with van der Waals surface area (Å²) >= 11 is 5.14. The lowest BCUT2D eigenvalue weighted by atomic mass is 10.2. The smallest absolute Gasteiger partial charge is 0.212 e. The van der Waals surface area contributed by atoms with Gasteiger partial charge in [-0.05, 0) is 28.9 Å². The third kappa shape index (κ3) is 2.21. The predicted octanol–water partition coefficient (Wildman–Crippen LogP) is 3.83. The third-order valence-electron chi connectivity index (χ3n) is 2.70. The van der Waals surface area contributed by atoms with E-state index >= 15 is 0 Å². The number of fused-ring (bicyclic) bond motifs is 1. The molecule has 0 amide bonds. The van der Waals surface area contributed by atoms with Gasteiger partial charge in [0.1, 0.15) is 5.82 Å². The molecule has 0 aromatic carbocycles. The molecule has 0 aliphatic rings. The molecule has 3 rings (SSSR count). The minimum atomic E-state index is 0.595.